The molecule has 1 saturated heterocycles. The number of benzene rings is 1. The van der Waals surface area contributed by atoms with Crippen molar-refractivity contribution < 1.29 is 13.2 Å². The third kappa shape index (κ3) is 3.03. The summed E-state index contributed by atoms with van der Waals surface area (Å²) in [6.07, 6.45) is 2.12. The molecule has 0 aliphatic carbocycles. The van der Waals surface area contributed by atoms with Crippen LogP contribution in [-0.4, -0.2) is 38.3 Å². The molecule has 1 aromatic rings. The van der Waals surface area contributed by atoms with Crippen LogP contribution in [0.15, 0.2) is 23.1 Å². The second-order valence-corrected chi connectivity index (χ2v) is 7.14. The molecule has 21 heavy (non-hydrogen) atoms. The third-order valence-corrected chi connectivity index (χ3v) is 5.74. The Bertz CT molecular complexity index is 643. The lowest BCUT2D eigenvalue weighted by Crippen LogP contribution is -2.51. The van der Waals surface area contributed by atoms with Gasteiger partial charge in [-0.05, 0) is 37.5 Å². The first-order chi connectivity index (χ1) is 9.87. The molecule has 1 aliphatic heterocycles. The van der Waals surface area contributed by atoms with E-state index in [4.69, 9.17) is 5.73 Å². The molecule has 0 saturated carbocycles. The van der Waals surface area contributed by atoms with E-state index in [0.29, 0.717) is 13.0 Å². The molecule has 1 aromatic carbocycles. The number of nitrogens with one attached hydrogen (secondary N) is 1. The van der Waals surface area contributed by atoms with Crippen molar-refractivity contribution in [2.45, 2.75) is 37.1 Å². The minimum absolute atomic E-state index is 0.0731. The number of piperidine rings is 1. The van der Waals surface area contributed by atoms with Gasteiger partial charge in [0.15, 0.2) is 0 Å². The molecule has 1 amide bonds. The molecule has 1 unspecified atom stereocenters. The van der Waals surface area contributed by atoms with Crippen LogP contribution in [-0.2, 0) is 14.8 Å². The minimum Gasteiger partial charge on any atom is -0.398 e. The van der Waals surface area contributed by atoms with Gasteiger partial charge in [0.1, 0.15) is 10.9 Å². The normalized spacial score (nSPS) is 20.2. The predicted molar refractivity (Wildman–Crippen MR) is 81.2 cm³/mol. The lowest BCUT2D eigenvalue weighted by atomic mass is 10.0. The summed E-state index contributed by atoms with van der Waals surface area (Å²) in [4.78, 5) is 12.0. The fourth-order valence-electron chi connectivity index (χ4n) is 2.65. The second-order valence-electron chi connectivity index (χ2n) is 5.28. The zero-order chi connectivity index (χ0) is 15.6. The standard InChI is InChI=1S/C14H21N3O3S/c1-10-6-7-13(11(15)9-10)21(19,20)17-8-4-3-5-12(17)14(18)16-2/h6-7,9,12H,3-5,8,15H2,1-2H3,(H,16,18). The Kier molecular flexibility index (Phi) is 4.53. The van der Waals surface area contributed by atoms with Gasteiger partial charge < -0.3 is 11.1 Å². The fraction of sp³-hybridized carbons (Fsp3) is 0.500. The SMILES string of the molecule is CNC(=O)C1CCCCN1S(=O)(=O)c1ccc(C)cc1N. The van der Waals surface area contributed by atoms with Crippen LogP contribution in [0.25, 0.3) is 0 Å². The van der Waals surface area contributed by atoms with Gasteiger partial charge in [0.2, 0.25) is 15.9 Å². The molecule has 1 fully saturated rings. The van der Waals surface area contributed by atoms with Crippen molar-refractivity contribution in [2.24, 2.45) is 0 Å². The van der Waals surface area contributed by atoms with Gasteiger partial charge in [-0.15, -0.1) is 0 Å². The topological polar surface area (TPSA) is 92.5 Å². The summed E-state index contributed by atoms with van der Waals surface area (Å²) in [5.41, 5.74) is 6.98. The highest BCUT2D eigenvalue weighted by Gasteiger charge is 2.37. The van der Waals surface area contributed by atoms with Gasteiger partial charge >= 0.3 is 0 Å². The highest BCUT2D eigenvalue weighted by molar-refractivity contribution is 7.89. The van der Waals surface area contributed by atoms with Crippen molar-refractivity contribution in [3.63, 3.8) is 0 Å². The highest BCUT2D eigenvalue weighted by atomic mass is 32.2. The first-order valence-electron chi connectivity index (χ1n) is 6.97. The van der Waals surface area contributed by atoms with Crippen molar-refractivity contribution in [3.05, 3.63) is 23.8 Å². The average molecular weight is 311 g/mol. The predicted octanol–water partition coefficient (Wildman–Crippen LogP) is 0.866. The van der Waals surface area contributed by atoms with Gasteiger partial charge in [-0.2, -0.15) is 4.31 Å². The molecule has 1 aliphatic rings. The summed E-state index contributed by atoms with van der Waals surface area (Å²) in [5, 5.41) is 2.54. The van der Waals surface area contributed by atoms with Gasteiger partial charge in [0, 0.05) is 13.6 Å². The number of aryl methyl sites for hydroxylation is 1. The van der Waals surface area contributed by atoms with Crippen LogP contribution < -0.4 is 11.1 Å². The lowest BCUT2D eigenvalue weighted by molar-refractivity contribution is -0.125. The number of likely N-dealkylation sites (N-methyl/N-ethyl adjacent to an activating group) is 1. The number of nitrogen functional groups attached to an aromatic ring is 1. The molecule has 0 radical (unpaired) electrons. The quantitative estimate of drug-likeness (QED) is 0.810. The van der Waals surface area contributed by atoms with Crippen molar-refractivity contribution in [2.75, 3.05) is 19.3 Å². The molecular formula is C14H21N3O3S. The van der Waals surface area contributed by atoms with Crippen molar-refractivity contribution >= 4 is 21.6 Å². The number of hydrogen-bond donors (Lipinski definition) is 2. The molecule has 0 aromatic heterocycles. The second kappa shape index (κ2) is 6.03. The van der Waals surface area contributed by atoms with Crippen molar-refractivity contribution in [1.82, 2.24) is 9.62 Å². The Morgan fingerprint density at radius 2 is 2.10 bits per heavy atom. The molecule has 6 nitrogen and oxygen atoms in total. The number of rotatable bonds is 3. The third-order valence-electron chi connectivity index (χ3n) is 3.75. The van der Waals surface area contributed by atoms with E-state index in [1.165, 1.54) is 17.4 Å². The molecule has 116 valence electrons. The molecular weight excluding hydrogens is 290 g/mol. The molecule has 1 heterocycles. The van der Waals surface area contributed by atoms with E-state index in [1.807, 2.05) is 6.92 Å². The van der Waals surface area contributed by atoms with Gasteiger partial charge in [-0.3, -0.25) is 4.79 Å². The molecule has 2 rings (SSSR count). The van der Waals surface area contributed by atoms with Gasteiger partial charge in [0.25, 0.3) is 0 Å². The number of nitrogens with two attached hydrogens (primary N) is 1. The van der Waals surface area contributed by atoms with Crippen LogP contribution in [0.3, 0.4) is 0 Å². The maximum Gasteiger partial charge on any atom is 0.245 e. The monoisotopic (exact) mass is 311 g/mol. The van der Waals surface area contributed by atoms with E-state index in [1.54, 1.807) is 12.1 Å². The zero-order valence-electron chi connectivity index (χ0n) is 12.3. The average Bonchev–Trinajstić information content (AvgIpc) is 2.46. The number of hydrogen-bond acceptors (Lipinski definition) is 4. The van der Waals surface area contributed by atoms with Gasteiger partial charge in [-0.1, -0.05) is 12.5 Å². The Morgan fingerprint density at radius 1 is 1.38 bits per heavy atom. The highest BCUT2D eigenvalue weighted by Crippen LogP contribution is 2.29. The number of nitrogens with zero attached hydrogens (tertiary/aromatic N) is 1. The van der Waals surface area contributed by atoms with Crippen LogP contribution in [0.5, 0.6) is 0 Å². The summed E-state index contributed by atoms with van der Waals surface area (Å²) >= 11 is 0. The minimum atomic E-state index is -3.77. The molecule has 7 heteroatoms. The molecule has 0 bridgehead atoms. The smallest absolute Gasteiger partial charge is 0.245 e. The van der Waals surface area contributed by atoms with E-state index in [0.717, 1.165) is 18.4 Å². The Morgan fingerprint density at radius 3 is 2.71 bits per heavy atom. The van der Waals surface area contributed by atoms with E-state index >= 15 is 0 Å². The maximum absolute atomic E-state index is 12.8. The van der Waals surface area contributed by atoms with Crippen LogP contribution >= 0.6 is 0 Å². The first-order valence-corrected chi connectivity index (χ1v) is 8.41. The Balaban J connectivity index is 2.43. The van der Waals surface area contributed by atoms with Crippen molar-refractivity contribution in [3.8, 4) is 0 Å². The number of carbonyl (C=O) groups excluding carboxylic acids is 1. The van der Waals surface area contributed by atoms with Gasteiger partial charge in [0.05, 0.1) is 5.69 Å². The van der Waals surface area contributed by atoms with Crippen LogP contribution in [0.4, 0.5) is 5.69 Å². The van der Waals surface area contributed by atoms with Gasteiger partial charge in [-0.25, -0.2) is 8.42 Å². The zero-order valence-corrected chi connectivity index (χ0v) is 13.1. The molecule has 0 spiro atoms. The summed E-state index contributed by atoms with van der Waals surface area (Å²) < 4.78 is 26.9. The number of sulfonamides is 1. The summed E-state index contributed by atoms with van der Waals surface area (Å²) in [5.74, 6) is -0.274. The molecule has 3 N–H and O–H groups in total. The summed E-state index contributed by atoms with van der Waals surface area (Å²) in [6.45, 7) is 2.19. The van der Waals surface area contributed by atoms with Crippen LogP contribution in [0.1, 0.15) is 24.8 Å². The Hall–Kier alpha value is -1.60. The van der Waals surface area contributed by atoms with E-state index < -0.39 is 16.1 Å². The molecule has 1 atom stereocenters. The van der Waals surface area contributed by atoms with E-state index in [2.05, 4.69) is 5.32 Å². The summed E-state index contributed by atoms with van der Waals surface area (Å²) in [6, 6.07) is 4.19. The van der Waals surface area contributed by atoms with Crippen LogP contribution in [0, 0.1) is 6.92 Å². The van der Waals surface area contributed by atoms with E-state index in [-0.39, 0.29) is 16.5 Å². The lowest BCUT2D eigenvalue weighted by Gasteiger charge is -2.33. The Labute approximate surface area is 125 Å². The maximum atomic E-state index is 12.8. The largest absolute Gasteiger partial charge is 0.398 e. The van der Waals surface area contributed by atoms with Crippen molar-refractivity contribution in [1.29, 1.82) is 0 Å². The first kappa shape index (κ1) is 15.8. The number of anilines is 1. The fourth-order valence-corrected chi connectivity index (χ4v) is 4.41. The van der Waals surface area contributed by atoms with E-state index in [9.17, 15) is 13.2 Å². The summed E-state index contributed by atoms with van der Waals surface area (Å²) in [7, 11) is -2.25. The van der Waals surface area contributed by atoms with Crippen LogP contribution in [0.2, 0.25) is 0 Å². The number of carbonyl (C=O) groups is 1. The number of amides is 1.